The molecular weight excluding hydrogens is 174 g/mol. The van der Waals surface area contributed by atoms with Gasteiger partial charge in [0.25, 0.3) is 0 Å². The minimum Gasteiger partial charge on any atom is -0.480 e. The number of carbonyl (C=O) groups is 1. The van der Waals surface area contributed by atoms with Gasteiger partial charge >= 0.3 is 11.7 Å². The molecule has 6 heteroatoms. The van der Waals surface area contributed by atoms with Crippen LogP contribution in [0.1, 0.15) is 5.69 Å². The number of imidazole rings is 1. The topological polar surface area (TPSA) is 87.1 Å². The zero-order valence-corrected chi connectivity index (χ0v) is 6.83. The first-order chi connectivity index (χ1) is 6.18. The largest absolute Gasteiger partial charge is 0.480 e. The van der Waals surface area contributed by atoms with Crippen molar-refractivity contribution in [1.82, 2.24) is 9.55 Å². The molecule has 0 saturated carbocycles. The summed E-state index contributed by atoms with van der Waals surface area (Å²) in [5.74, 6) is -0.398. The number of aromatic amines is 1. The number of anilines is 1. The number of aliphatic carboxylic acids is 1. The third kappa shape index (κ3) is 1.20. The maximum atomic E-state index is 11.2. The second-order valence-corrected chi connectivity index (χ2v) is 2.91. The average Bonchev–Trinajstić information content (AvgIpc) is 2.55. The van der Waals surface area contributed by atoms with Gasteiger partial charge in [0.15, 0.2) is 0 Å². The van der Waals surface area contributed by atoms with Crippen molar-refractivity contribution < 1.29 is 9.90 Å². The minimum absolute atomic E-state index is 0.294. The highest BCUT2D eigenvalue weighted by atomic mass is 16.4. The number of carboxylic acids is 1. The van der Waals surface area contributed by atoms with Gasteiger partial charge in [-0.3, -0.25) is 9.36 Å². The monoisotopic (exact) mass is 183 g/mol. The number of H-pyrrole nitrogens is 1. The molecule has 6 nitrogen and oxygen atoms in total. The Morgan fingerprint density at radius 3 is 3.08 bits per heavy atom. The molecule has 2 rings (SSSR count). The van der Waals surface area contributed by atoms with Gasteiger partial charge < -0.3 is 15.4 Å². The predicted octanol–water partition coefficient (Wildman–Crippen LogP) is -0.771. The van der Waals surface area contributed by atoms with Crippen LogP contribution in [0.3, 0.4) is 0 Å². The van der Waals surface area contributed by atoms with Crippen molar-refractivity contribution in [2.75, 3.05) is 11.9 Å². The van der Waals surface area contributed by atoms with E-state index in [4.69, 9.17) is 5.11 Å². The molecule has 1 aromatic rings. The fourth-order valence-corrected chi connectivity index (χ4v) is 1.50. The lowest BCUT2D eigenvalue weighted by molar-refractivity contribution is -0.137. The Kier molecular flexibility index (Phi) is 1.61. The molecule has 1 aliphatic heterocycles. The van der Waals surface area contributed by atoms with Crippen molar-refractivity contribution in [2.24, 2.45) is 0 Å². The summed E-state index contributed by atoms with van der Waals surface area (Å²) in [4.78, 5) is 24.2. The Labute approximate surface area is 73.2 Å². The zero-order valence-electron chi connectivity index (χ0n) is 6.83. The molecule has 1 aliphatic rings. The summed E-state index contributed by atoms with van der Waals surface area (Å²) in [6.45, 7) is 0.457. The first-order valence-electron chi connectivity index (χ1n) is 3.96. The number of aromatic nitrogens is 2. The molecule has 0 amide bonds. The van der Waals surface area contributed by atoms with E-state index in [9.17, 15) is 9.59 Å². The molecule has 0 atom stereocenters. The summed E-state index contributed by atoms with van der Waals surface area (Å²) in [5.41, 5.74) is 0.436. The average molecular weight is 183 g/mol. The third-order valence-electron chi connectivity index (χ3n) is 2.02. The summed E-state index contributed by atoms with van der Waals surface area (Å²) >= 11 is 0. The number of carboxylic acid groups (broad SMARTS) is 1. The van der Waals surface area contributed by atoms with Crippen LogP contribution in [0.4, 0.5) is 5.82 Å². The Hall–Kier alpha value is -1.72. The number of hydrogen-bond donors (Lipinski definition) is 3. The van der Waals surface area contributed by atoms with Gasteiger partial charge in [0.05, 0.1) is 5.69 Å². The summed E-state index contributed by atoms with van der Waals surface area (Å²) in [5, 5.41) is 11.5. The van der Waals surface area contributed by atoms with Crippen molar-refractivity contribution >= 4 is 11.8 Å². The normalized spacial score (nSPS) is 13.8. The van der Waals surface area contributed by atoms with E-state index in [2.05, 4.69) is 10.3 Å². The van der Waals surface area contributed by atoms with Gasteiger partial charge in [-0.15, -0.1) is 0 Å². The summed E-state index contributed by atoms with van der Waals surface area (Å²) in [6.07, 6.45) is 0.747. The lowest BCUT2D eigenvalue weighted by atomic mass is 10.4. The van der Waals surface area contributed by atoms with Crippen LogP contribution in [-0.4, -0.2) is 27.2 Å². The lowest BCUT2D eigenvalue weighted by Crippen LogP contribution is -2.23. The van der Waals surface area contributed by atoms with E-state index < -0.39 is 5.97 Å². The van der Waals surface area contributed by atoms with Crippen LogP contribution in [0.15, 0.2) is 4.79 Å². The van der Waals surface area contributed by atoms with Crippen molar-refractivity contribution in [3.8, 4) is 0 Å². The van der Waals surface area contributed by atoms with E-state index in [-0.39, 0.29) is 12.2 Å². The SMILES string of the molecule is O=C(O)Cn1c2c([nH]c1=O)CCN2. The van der Waals surface area contributed by atoms with Crippen LogP contribution >= 0.6 is 0 Å². The van der Waals surface area contributed by atoms with Crippen molar-refractivity contribution in [2.45, 2.75) is 13.0 Å². The van der Waals surface area contributed by atoms with Gasteiger partial charge in [0, 0.05) is 13.0 Å². The van der Waals surface area contributed by atoms with Gasteiger partial charge in [0.1, 0.15) is 12.4 Å². The minimum atomic E-state index is -1.02. The molecule has 0 spiro atoms. The van der Waals surface area contributed by atoms with Gasteiger partial charge in [-0.25, -0.2) is 4.79 Å². The molecule has 0 radical (unpaired) electrons. The third-order valence-corrected chi connectivity index (χ3v) is 2.02. The van der Waals surface area contributed by atoms with E-state index >= 15 is 0 Å². The highest BCUT2D eigenvalue weighted by molar-refractivity contribution is 5.67. The summed E-state index contributed by atoms with van der Waals surface area (Å²) in [6, 6.07) is 0. The van der Waals surface area contributed by atoms with Gasteiger partial charge in [-0.05, 0) is 0 Å². The molecule has 0 unspecified atom stereocenters. The lowest BCUT2D eigenvalue weighted by Gasteiger charge is -2.01. The summed E-state index contributed by atoms with van der Waals surface area (Å²) < 4.78 is 1.20. The van der Waals surface area contributed by atoms with Gasteiger partial charge in [0.2, 0.25) is 0 Å². The molecule has 13 heavy (non-hydrogen) atoms. The molecule has 3 N–H and O–H groups in total. The zero-order chi connectivity index (χ0) is 9.42. The van der Waals surface area contributed by atoms with Crippen molar-refractivity contribution in [3.63, 3.8) is 0 Å². The number of nitrogens with zero attached hydrogens (tertiary/aromatic N) is 1. The number of nitrogens with one attached hydrogen (secondary N) is 2. The van der Waals surface area contributed by atoms with Crippen LogP contribution in [0, 0.1) is 0 Å². The Morgan fingerprint density at radius 2 is 2.38 bits per heavy atom. The first-order valence-corrected chi connectivity index (χ1v) is 3.96. The van der Waals surface area contributed by atoms with Crippen molar-refractivity contribution in [3.05, 3.63) is 16.2 Å². The molecule has 0 saturated heterocycles. The first kappa shape index (κ1) is 7.90. The van der Waals surface area contributed by atoms with Gasteiger partial charge in [-0.1, -0.05) is 0 Å². The standard InChI is InChI=1S/C7H9N3O3/c11-5(12)3-10-6-4(1-2-8-6)9-7(10)13/h8H,1-3H2,(H,9,13)(H,11,12). The smallest absolute Gasteiger partial charge is 0.327 e. The molecule has 0 bridgehead atoms. The van der Waals surface area contributed by atoms with Crippen molar-refractivity contribution in [1.29, 1.82) is 0 Å². The highest BCUT2D eigenvalue weighted by Gasteiger charge is 2.19. The summed E-state index contributed by atoms with van der Waals surface area (Å²) in [7, 11) is 0. The van der Waals surface area contributed by atoms with E-state index in [1.54, 1.807) is 0 Å². The quantitative estimate of drug-likeness (QED) is 0.561. The molecule has 70 valence electrons. The Morgan fingerprint density at radius 1 is 1.62 bits per heavy atom. The van der Waals surface area contributed by atoms with Crippen LogP contribution in [0.25, 0.3) is 0 Å². The maximum absolute atomic E-state index is 11.2. The molecule has 0 aliphatic carbocycles. The Balaban J connectivity index is 2.44. The number of rotatable bonds is 2. The Bertz CT molecular complexity index is 404. The number of hydrogen-bond acceptors (Lipinski definition) is 3. The maximum Gasteiger partial charge on any atom is 0.327 e. The van der Waals surface area contributed by atoms with E-state index in [1.165, 1.54) is 4.57 Å². The van der Waals surface area contributed by atoms with Crippen LogP contribution in [-0.2, 0) is 17.8 Å². The second-order valence-electron chi connectivity index (χ2n) is 2.91. The highest BCUT2D eigenvalue weighted by Crippen LogP contribution is 2.17. The number of fused-ring (bicyclic) bond motifs is 1. The molecule has 0 aromatic carbocycles. The molecule has 1 aromatic heterocycles. The molecule has 2 heterocycles. The van der Waals surface area contributed by atoms with Gasteiger partial charge in [-0.2, -0.15) is 0 Å². The van der Waals surface area contributed by atoms with E-state index in [0.717, 1.165) is 18.7 Å². The fourth-order valence-electron chi connectivity index (χ4n) is 1.50. The van der Waals surface area contributed by atoms with E-state index in [1.807, 2.05) is 0 Å². The fraction of sp³-hybridized carbons (Fsp3) is 0.429. The molecular formula is C7H9N3O3. The second kappa shape index (κ2) is 2.65. The predicted molar refractivity (Wildman–Crippen MR) is 44.9 cm³/mol. The molecule has 0 fully saturated rings. The van der Waals surface area contributed by atoms with E-state index in [0.29, 0.717) is 5.82 Å². The van der Waals surface area contributed by atoms with Crippen LogP contribution < -0.4 is 11.0 Å². The van der Waals surface area contributed by atoms with Crippen LogP contribution in [0.5, 0.6) is 0 Å². The van der Waals surface area contributed by atoms with Crippen LogP contribution in [0.2, 0.25) is 0 Å².